The zero-order valence-electron chi connectivity index (χ0n) is 16.9. The third-order valence-electron chi connectivity index (χ3n) is 5.60. The second-order valence-electron chi connectivity index (χ2n) is 7.52. The number of furan rings is 1. The zero-order valence-corrected chi connectivity index (χ0v) is 17.8. The van der Waals surface area contributed by atoms with Crippen molar-refractivity contribution in [1.82, 2.24) is 19.2 Å². The molecule has 0 unspecified atom stereocenters. The molecule has 0 saturated carbocycles. The normalized spacial score (nSPS) is 14.3. The van der Waals surface area contributed by atoms with E-state index in [-0.39, 0.29) is 11.8 Å². The van der Waals surface area contributed by atoms with E-state index in [4.69, 9.17) is 9.40 Å². The summed E-state index contributed by atoms with van der Waals surface area (Å²) in [7, 11) is 0. The van der Waals surface area contributed by atoms with Gasteiger partial charge in [0, 0.05) is 55.4 Å². The van der Waals surface area contributed by atoms with Crippen LogP contribution in [0.5, 0.6) is 0 Å². The van der Waals surface area contributed by atoms with Crippen molar-refractivity contribution in [3.63, 3.8) is 0 Å². The van der Waals surface area contributed by atoms with Gasteiger partial charge in [-0.15, -0.1) is 11.3 Å². The highest BCUT2D eigenvalue weighted by Crippen LogP contribution is 2.24. The van der Waals surface area contributed by atoms with Crippen LogP contribution in [0.25, 0.3) is 16.2 Å². The first-order valence-corrected chi connectivity index (χ1v) is 11.2. The number of aromatic nitrogens is 2. The minimum Gasteiger partial charge on any atom is -0.459 e. The van der Waals surface area contributed by atoms with Gasteiger partial charge >= 0.3 is 0 Å². The highest BCUT2D eigenvalue weighted by atomic mass is 32.1. The van der Waals surface area contributed by atoms with Crippen molar-refractivity contribution in [2.75, 3.05) is 26.2 Å². The van der Waals surface area contributed by atoms with Gasteiger partial charge in [-0.3, -0.25) is 14.0 Å². The Balaban J connectivity index is 1.18. The molecule has 4 heterocycles. The number of benzene rings is 1. The van der Waals surface area contributed by atoms with E-state index >= 15 is 0 Å². The van der Waals surface area contributed by atoms with Gasteiger partial charge < -0.3 is 14.2 Å². The molecule has 0 radical (unpaired) electrons. The molecule has 158 valence electrons. The number of thiazole rings is 1. The summed E-state index contributed by atoms with van der Waals surface area (Å²) in [5.41, 5.74) is 3.12. The number of fused-ring (bicyclic) bond motifs is 1. The number of amides is 2. The molecule has 5 rings (SSSR count). The van der Waals surface area contributed by atoms with Gasteiger partial charge in [-0.2, -0.15) is 0 Å². The van der Waals surface area contributed by atoms with Crippen LogP contribution in [0.2, 0.25) is 0 Å². The predicted octanol–water partition coefficient (Wildman–Crippen LogP) is 3.57. The van der Waals surface area contributed by atoms with Gasteiger partial charge in [0.2, 0.25) is 5.91 Å². The van der Waals surface area contributed by atoms with Gasteiger partial charge in [0.25, 0.3) is 5.91 Å². The Hall–Kier alpha value is -3.39. The summed E-state index contributed by atoms with van der Waals surface area (Å²) >= 11 is 1.59. The monoisotopic (exact) mass is 434 g/mol. The molecule has 2 amide bonds. The van der Waals surface area contributed by atoms with E-state index in [2.05, 4.69) is 9.78 Å². The third kappa shape index (κ3) is 3.98. The number of carbonyl (C=O) groups excluding carboxylic acids is 2. The molecule has 1 aromatic carbocycles. The minimum atomic E-state index is -0.118. The van der Waals surface area contributed by atoms with E-state index < -0.39 is 0 Å². The van der Waals surface area contributed by atoms with E-state index in [1.54, 1.807) is 28.4 Å². The summed E-state index contributed by atoms with van der Waals surface area (Å²) in [5.74, 6) is 0.344. The van der Waals surface area contributed by atoms with Crippen LogP contribution < -0.4 is 0 Å². The second kappa shape index (κ2) is 8.39. The summed E-state index contributed by atoms with van der Waals surface area (Å²) in [6.07, 6.45) is 4.64. The van der Waals surface area contributed by atoms with Crippen molar-refractivity contribution < 1.29 is 14.0 Å². The van der Waals surface area contributed by atoms with E-state index in [1.165, 1.54) is 6.26 Å². The molecule has 0 atom stereocenters. The van der Waals surface area contributed by atoms with E-state index in [9.17, 15) is 9.59 Å². The van der Waals surface area contributed by atoms with Crippen LogP contribution in [0.15, 0.2) is 64.7 Å². The molecule has 1 saturated heterocycles. The zero-order chi connectivity index (χ0) is 21.2. The number of imidazole rings is 1. The average Bonchev–Trinajstić information content (AvgIpc) is 3.56. The van der Waals surface area contributed by atoms with Crippen molar-refractivity contribution >= 4 is 28.1 Å². The largest absolute Gasteiger partial charge is 0.459 e. The smallest absolute Gasteiger partial charge is 0.289 e. The maximum absolute atomic E-state index is 12.7. The standard InChI is InChI=1S/C23H22N4O3S/c28-21(25-10-12-26(13-11-25)22(29)20-7-4-14-30-20)9-8-18-16-31-23-24-19(15-27(18)23)17-5-2-1-3-6-17/h1-7,14-16H,8-13H2. The maximum Gasteiger partial charge on any atom is 0.289 e. The second-order valence-corrected chi connectivity index (χ2v) is 8.36. The van der Waals surface area contributed by atoms with Gasteiger partial charge in [-0.25, -0.2) is 4.98 Å². The fourth-order valence-electron chi connectivity index (χ4n) is 3.87. The van der Waals surface area contributed by atoms with Crippen LogP contribution in [0, 0.1) is 0 Å². The Kier molecular flexibility index (Phi) is 5.30. The van der Waals surface area contributed by atoms with Crippen LogP contribution in [-0.4, -0.2) is 57.2 Å². The van der Waals surface area contributed by atoms with Crippen molar-refractivity contribution in [2.45, 2.75) is 12.8 Å². The molecule has 0 spiro atoms. The molecule has 7 nitrogen and oxygen atoms in total. The number of nitrogens with zero attached hydrogens (tertiary/aromatic N) is 4. The molecule has 1 fully saturated rings. The molecule has 0 N–H and O–H groups in total. The first-order chi connectivity index (χ1) is 15.2. The molecule has 8 heteroatoms. The van der Waals surface area contributed by atoms with Gasteiger partial charge in [-0.1, -0.05) is 30.3 Å². The third-order valence-corrected chi connectivity index (χ3v) is 6.49. The molecular formula is C23H22N4O3S. The first kappa shape index (κ1) is 19.6. The predicted molar refractivity (Wildman–Crippen MR) is 118 cm³/mol. The molecule has 1 aliphatic rings. The lowest BCUT2D eigenvalue weighted by Gasteiger charge is -2.34. The lowest BCUT2D eigenvalue weighted by Crippen LogP contribution is -2.50. The minimum absolute atomic E-state index is 0.118. The van der Waals surface area contributed by atoms with Gasteiger partial charge in [0.1, 0.15) is 0 Å². The van der Waals surface area contributed by atoms with Gasteiger partial charge in [0.15, 0.2) is 10.7 Å². The van der Waals surface area contributed by atoms with Crippen molar-refractivity contribution in [1.29, 1.82) is 0 Å². The fourth-order valence-corrected chi connectivity index (χ4v) is 4.77. The molecular weight excluding hydrogens is 412 g/mol. The maximum atomic E-state index is 12.7. The van der Waals surface area contributed by atoms with Crippen LogP contribution in [0.3, 0.4) is 0 Å². The Labute approximate surface area is 183 Å². The quantitative estimate of drug-likeness (QED) is 0.481. The first-order valence-electron chi connectivity index (χ1n) is 10.3. The van der Waals surface area contributed by atoms with E-state index in [0.717, 1.165) is 21.9 Å². The average molecular weight is 435 g/mol. The number of piperazine rings is 1. The molecule has 3 aromatic heterocycles. The summed E-state index contributed by atoms with van der Waals surface area (Å²) in [6, 6.07) is 13.5. The SMILES string of the molecule is O=C(CCc1csc2nc(-c3ccccc3)cn12)N1CCN(C(=O)c2ccco2)CC1. The van der Waals surface area contributed by atoms with Gasteiger partial charge in [0.05, 0.1) is 12.0 Å². The summed E-state index contributed by atoms with van der Waals surface area (Å²) in [6.45, 7) is 2.15. The Morgan fingerprint density at radius 2 is 1.77 bits per heavy atom. The topological polar surface area (TPSA) is 71.1 Å². The Bertz CT molecular complexity index is 1190. The van der Waals surface area contributed by atoms with E-state index in [1.807, 2.05) is 41.4 Å². The molecule has 4 aromatic rings. The van der Waals surface area contributed by atoms with Crippen LogP contribution in [0.1, 0.15) is 22.7 Å². The Morgan fingerprint density at radius 1 is 1.00 bits per heavy atom. The Morgan fingerprint density at radius 3 is 2.52 bits per heavy atom. The summed E-state index contributed by atoms with van der Waals surface area (Å²) < 4.78 is 7.27. The van der Waals surface area contributed by atoms with Crippen molar-refractivity contribution in [3.8, 4) is 11.3 Å². The highest BCUT2D eigenvalue weighted by molar-refractivity contribution is 7.15. The summed E-state index contributed by atoms with van der Waals surface area (Å²) in [5, 5.41) is 2.07. The molecule has 31 heavy (non-hydrogen) atoms. The van der Waals surface area contributed by atoms with Crippen molar-refractivity contribution in [2.24, 2.45) is 0 Å². The number of hydrogen-bond acceptors (Lipinski definition) is 5. The number of carbonyl (C=O) groups is 2. The number of aryl methyl sites for hydroxylation is 1. The van der Waals surface area contributed by atoms with E-state index in [0.29, 0.717) is 44.8 Å². The molecule has 1 aliphatic heterocycles. The molecule has 0 aliphatic carbocycles. The lowest BCUT2D eigenvalue weighted by atomic mass is 10.2. The van der Waals surface area contributed by atoms with Crippen LogP contribution in [0.4, 0.5) is 0 Å². The number of hydrogen-bond donors (Lipinski definition) is 0. The van der Waals surface area contributed by atoms with Crippen molar-refractivity contribution in [3.05, 3.63) is 71.8 Å². The summed E-state index contributed by atoms with van der Waals surface area (Å²) in [4.78, 5) is 34.3. The lowest BCUT2D eigenvalue weighted by molar-refractivity contribution is -0.132. The van der Waals surface area contributed by atoms with Crippen LogP contribution >= 0.6 is 11.3 Å². The van der Waals surface area contributed by atoms with Gasteiger partial charge in [-0.05, 0) is 18.6 Å². The molecule has 0 bridgehead atoms. The van der Waals surface area contributed by atoms with Crippen LogP contribution in [-0.2, 0) is 11.2 Å². The number of rotatable bonds is 5. The fraction of sp³-hybridized carbons (Fsp3) is 0.261. The highest BCUT2D eigenvalue weighted by Gasteiger charge is 2.26.